The maximum absolute atomic E-state index is 13.2. The lowest BCUT2D eigenvalue weighted by Crippen LogP contribution is -2.31. The van der Waals surface area contributed by atoms with Gasteiger partial charge in [0, 0.05) is 35.5 Å². The molecule has 0 bridgehead atoms. The summed E-state index contributed by atoms with van der Waals surface area (Å²) in [7, 11) is 0. The van der Waals surface area contributed by atoms with Crippen LogP contribution in [0.4, 0.5) is 0 Å². The second-order valence-corrected chi connectivity index (χ2v) is 8.98. The fourth-order valence-electron chi connectivity index (χ4n) is 4.32. The second kappa shape index (κ2) is 9.34. The van der Waals surface area contributed by atoms with E-state index in [1.54, 1.807) is 30.7 Å². The van der Waals surface area contributed by atoms with Crippen molar-refractivity contribution in [1.29, 1.82) is 0 Å². The molecule has 1 amide bonds. The van der Waals surface area contributed by atoms with E-state index in [2.05, 4.69) is 20.9 Å². The van der Waals surface area contributed by atoms with E-state index in [0.29, 0.717) is 49.8 Å². The normalized spacial score (nSPS) is 19.0. The second-order valence-electron chi connectivity index (χ2n) is 8.06. The molecule has 2 aliphatic heterocycles. The van der Waals surface area contributed by atoms with Crippen molar-refractivity contribution in [3.05, 3.63) is 82.4 Å². The minimum absolute atomic E-state index is 0.0578. The number of ketones is 1. The van der Waals surface area contributed by atoms with Crippen LogP contribution in [0.1, 0.15) is 23.6 Å². The molecule has 8 nitrogen and oxygen atoms in total. The van der Waals surface area contributed by atoms with Crippen molar-refractivity contribution in [2.45, 2.75) is 19.0 Å². The molecule has 5 rings (SSSR count). The van der Waals surface area contributed by atoms with E-state index in [0.717, 1.165) is 10.0 Å². The van der Waals surface area contributed by atoms with Gasteiger partial charge in [-0.1, -0.05) is 28.1 Å². The van der Waals surface area contributed by atoms with Crippen LogP contribution in [0.3, 0.4) is 0 Å². The summed E-state index contributed by atoms with van der Waals surface area (Å²) >= 11 is 3.47. The molecule has 1 N–H and O–H groups in total. The van der Waals surface area contributed by atoms with E-state index < -0.39 is 17.7 Å². The zero-order valence-corrected chi connectivity index (χ0v) is 19.8. The summed E-state index contributed by atoms with van der Waals surface area (Å²) in [6.45, 7) is 1.84. The van der Waals surface area contributed by atoms with Gasteiger partial charge in [0.2, 0.25) is 0 Å². The van der Waals surface area contributed by atoms with E-state index in [-0.39, 0.29) is 11.3 Å². The smallest absolute Gasteiger partial charge is 0.295 e. The molecule has 2 aromatic carbocycles. The van der Waals surface area contributed by atoms with Crippen molar-refractivity contribution in [3.8, 4) is 11.5 Å². The third kappa shape index (κ3) is 4.19. The lowest BCUT2D eigenvalue weighted by atomic mass is 9.95. The van der Waals surface area contributed by atoms with E-state index in [1.165, 1.54) is 4.90 Å². The molecule has 174 valence electrons. The number of likely N-dealkylation sites (tertiary alicyclic amines) is 1. The number of imidazole rings is 1. The van der Waals surface area contributed by atoms with Gasteiger partial charge in [-0.05, 0) is 42.3 Å². The standard InChI is InChI=1S/C25H22BrN3O5/c26-18-4-1-3-16(13-18)22-21(23(30)17-5-6-19-20(14-17)34-12-11-33-19)24(31)25(32)29(22)9-2-8-28-10-7-27-15-28/h1,3-7,10,13-15,22,30H,2,8-9,11-12H2/b23-21+/t22-/m0/s1. The fraction of sp³-hybridized carbons (Fsp3) is 0.240. The van der Waals surface area contributed by atoms with Gasteiger partial charge in [0.1, 0.15) is 19.0 Å². The summed E-state index contributed by atoms with van der Waals surface area (Å²) in [4.78, 5) is 31.9. The van der Waals surface area contributed by atoms with Crippen molar-refractivity contribution >= 4 is 33.4 Å². The SMILES string of the molecule is O=C1C(=O)N(CCCn2ccnc2)[C@@H](c2cccc(Br)c2)/C1=C(\O)c1ccc2c(c1)OCCO2. The maximum Gasteiger partial charge on any atom is 0.295 e. The highest BCUT2D eigenvalue weighted by molar-refractivity contribution is 9.10. The molecule has 3 heterocycles. The Morgan fingerprint density at radius 3 is 2.68 bits per heavy atom. The number of benzene rings is 2. The van der Waals surface area contributed by atoms with Crippen LogP contribution >= 0.6 is 15.9 Å². The summed E-state index contributed by atoms with van der Waals surface area (Å²) in [5.41, 5.74) is 1.18. The number of rotatable bonds is 6. The number of aromatic nitrogens is 2. The van der Waals surface area contributed by atoms with Crippen LogP contribution in [0.25, 0.3) is 5.76 Å². The molecule has 34 heavy (non-hydrogen) atoms. The molecule has 1 fully saturated rings. The quantitative estimate of drug-likeness (QED) is 0.299. The van der Waals surface area contributed by atoms with Crippen molar-refractivity contribution in [3.63, 3.8) is 0 Å². The van der Waals surface area contributed by atoms with Crippen LogP contribution in [-0.4, -0.2) is 51.0 Å². The molecular weight excluding hydrogens is 502 g/mol. The third-order valence-electron chi connectivity index (χ3n) is 5.89. The monoisotopic (exact) mass is 523 g/mol. The first-order valence-corrected chi connectivity index (χ1v) is 11.7. The van der Waals surface area contributed by atoms with Gasteiger partial charge >= 0.3 is 0 Å². The van der Waals surface area contributed by atoms with Crippen molar-refractivity contribution in [1.82, 2.24) is 14.5 Å². The number of amides is 1. The Hall–Kier alpha value is -3.59. The van der Waals surface area contributed by atoms with Gasteiger partial charge in [0.05, 0.1) is 17.9 Å². The molecule has 0 radical (unpaired) electrons. The van der Waals surface area contributed by atoms with Gasteiger partial charge in [0.25, 0.3) is 11.7 Å². The lowest BCUT2D eigenvalue weighted by Gasteiger charge is -2.25. The molecule has 2 aliphatic rings. The summed E-state index contributed by atoms with van der Waals surface area (Å²) in [5, 5.41) is 11.3. The number of ether oxygens (including phenoxy) is 2. The average Bonchev–Trinajstić information content (AvgIpc) is 3.45. The van der Waals surface area contributed by atoms with Gasteiger partial charge in [-0.15, -0.1) is 0 Å². The molecule has 0 saturated carbocycles. The highest BCUT2D eigenvalue weighted by Crippen LogP contribution is 2.41. The predicted octanol–water partition coefficient (Wildman–Crippen LogP) is 3.93. The number of hydrogen-bond acceptors (Lipinski definition) is 6. The molecule has 1 saturated heterocycles. The summed E-state index contributed by atoms with van der Waals surface area (Å²) in [6, 6.07) is 11.7. The number of aliphatic hydroxyl groups is 1. The average molecular weight is 524 g/mol. The molecule has 1 aromatic heterocycles. The van der Waals surface area contributed by atoms with Crippen molar-refractivity contribution in [2.75, 3.05) is 19.8 Å². The van der Waals surface area contributed by atoms with Crippen molar-refractivity contribution < 1.29 is 24.2 Å². The zero-order chi connectivity index (χ0) is 23.7. The summed E-state index contributed by atoms with van der Waals surface area (Å²) in [5.74, 6) is -0.512. The fourth-order valence-corrected chi connectivity index (χ4v) is 4.74. The number of fused-ring (bicyclic) bond motifs is 1. The number of hydrogen-bond donors (Lipinski definition) is 1. The predicted molar refractivity (Wildman–Crippen MR) is 127 cm³/mol. The topological polar surface area (TPSA) is 93.9 Å². The van der Waals surface area contributed by atoms with Crippen LogP contribution in [-0.2, 0) is 16.1 Å². The Morgan fingerprint density at radius 2 is 1.91 bits per heavy atom. The Kier molecular flexibility index (Phi) is 6.10. The molecule has 0 aliphatic carbocycles. The molecule has 1 atom stereocenters. The van der Waals surface area contributed by atoms with Gasteiger partial charge in [-0.2, -0.15) is 0 Å². The molecule has 0 spiro atoms. The minimum atomic E-state index is -0.714. The van der Waals surface area contributed by atoms with Crippen LogP contribution in [0.5, 0.6) is 11.5 Å². The summed E-state index contributed by atoms with van der Waals surface area (Å²) in [6.07, 6.45) is 5.88. The van der Waals surface area contributed by atoms with Crippen molar-refractivity contribution in [2.24, 2.45) is 0 Å². The first-order valence-electron chi connectivity index (χ1n) is 10.9. The number of carbonyl (C=O) groups excluding carboxylic acids is 2. The number of halogens is 1. The number of nitrogens with zero attached hydrogens (tertiary/aromatic N) is 3. The number of Topliss-reactive ketones (excluding diaryl/α,β-unsaturated/α-hetero) is 1. The van der Waals surface area contributed by atoms with E-state index in [1.807, 2.05) is 35.0 Å². The first kappa shape index (κ1) is 22.2. The molecule has 9 heteroatoms. The number of aryl methyl sites for hydroxylation is 1. The number of carbonyl (C=O) groups is 2. The minimum Gasteiger partial charge on any atom is -0.507 e. The Balaban J connectivity index is 1.54. The van der Waals surface area contributed by atoms with E-state index >= 15 is 0 Å². The highest BCUT2D eigenvalue weighted by Gasteiger charge is 2.45. The third-order valence-corrected chi connectivity index (χ3v) is 6.39. The van der Waals surface area contributed by atoms with Crippen LogP contribution in [0.15, 0.2) is 71.2 Å². The van der Waals surface area contributed by atoms with Gasteiger partial charge in [-0.3, -0.25) is 9.59 Å². The molecule has 3 aromatic rings. The Bertz CT molecular complexity index is 1270. The summed E-state index contributed by atoms with van der Waals surface area (Å²) < 4.78 is 13.9. The van der Waals surface area contributed by atoms with Gasteiger partial charge in [-0.25, -0.2) is 4.98 Å². The zero-order valence-electron chi connectivity index (χ0n) is 18.2. The Labute approximate surface area is 204 Å². The van der Waals surface area contributed by atoms with Gasteiger partial charge < -0.3 is 24.0 Å². The van der Waals surface area contributed by atoms with E-state index in [9.17, 15) is 14.7 Å². The van der Waals surface area contributed by atoms with Crippen LogP contribution in [0.2, 0.25) is 0 Å². The van der Waals surface area contributed by atoms with E-state index in [4.69, 9.17) is 9.47 Å². The molecule has 0 unspecified atom stereocenters. The maximum atomic E-state index is 13.2. The molecular formula is C25H22BrN3O5. The van der Waals surface area contributed by atoms with Gasteiger partial charge in [0.15, 0.2) is 11.5 Å². The first-order chi connectivity index (χ1) is 16.5. The van der Waals surface area contributed by atoms with Crippen LogP contribution < -0.4 is 9.47 Å². The Morgan fingerprint density at radius 1 is 1.09 bits per heavy atom. The number of aliphatic hydroxyl groups excluding tert-OH is 1. The highest BCUT2D eigenvalue weighted by atomic mass is 79.9. The largest absolute Gasteiger partial charge is 0.507 e. The lowest BCUT2D eigenvalue weighted by molar-refractivity contribution is -0.139. The van der Waals surface area contributed by atoms with Crippen LogP contribution in [0, 0.1) is 0 Å².